The van der Waals surface area contributed by atoms with Crippen LogP contribution in [-0.2, 0) is 11.2 Å². The van der Waals surface area contributed by atoms with Crippen LogP contribution in [0.2, 0.25) is 0 Å². The van der Waals surface area contributed by atoms with Crippen molar-refractivity contribution in [3.05, 3.63) is 47.3 Å². The van der Waals surface area contributed by atoms with E-state index in [1.807, 2.05) is 25.3 Å². The minimum Gasteiger partial charge on any atom is -0.361 e. The number of fused-ring (bicyclic) bond motifs is 1. The Hall–Kier alpha value is -2.56. The first-order chi connectivity index (χ1) is 9.61. The van der Waals surface area contributed by atoms with Gasteiger partial charge in [0.2, 0.25) is 5.91 Å². The first-order valence-corrected chi connectivity index (χ1v) is 6.41. The summed E-state index contributed by atoms with van der Waals surface area (Å²) in [7, 11) is 0. The average Bonchev–Trinajstić information content (AvgIpc) is 2.97. The molecule has 2 N–H and O–H groups in total. The molecule has 3 rings (SSSR count). The highest BCUT2D eigenvalue weighted by molar-refractivity contribution is 5.95. The monoisotopic (exact) mass is 269 g/mol. The van der Waals surface area contributed by atoms with Crippen LogP contribution in [0.1, 0.15) is 16.9 Å². The van der Waals surface area contributed by atoms with Crippen molar-refractivity contribution in [1.82, 2.24) is 10.1 Å². The van der Waals surface area contributed by atoms with Crippen LogP contribution in [0, 0.1) is 13.8 Å². The van der Waals surface area contributed by atoms with Crippen LogP contribution < -0.4 is 5.32 Å². The van der Waals surface area contributed by atoms with Gasteiger partial charge in [0.05, 0.1) is 6.42 Å². The Morgan fingerprint density at radius 1 is 1.35 bits per heavy atom. The second-order valence-electron chi connectivity index (χ2n) is 4.91. The lowest BCUT2D eigenvalue weighted by Crippen LogP contribution is -2.14. The van der Waals surface area contributed by atoms with Crippen LogP contribution in [0.25, 0.3) is 10.9 Å². The molecule has 0 saturated heterocycles. The Kier molecular flexibility index (Phi) is 3.02. The second kappa shape index (κ2) is 4.85. The smallest absolute Gasteiger partial charge is 0.230 e. The van der Waals surface area contributed by atoms with E-state index in [0.29, 0.717) is 18.0 Å². The van der Waals surface area contributed by atoms with Crippen molar-refractivity contribution in [3.8, 4) is 0 Å². The van der Waals surface area contributed by atoms with E-state index in [4.69, 9.17) is 4.52 Å². The highest BCUT2D eigenvalue weighted by atomic mass is 16.5. The SMILES string of the molecule is Cc1ccc2[nH]cc(CC(=O)Nc3cc(C)on3)c2c1. The summed E-state index contributed by atoms with van der Waals surface area (Å²) < 4.78 is 4.92. The summed E-state index contributed by atoms with van der Waals surface area (Å²) in [4.78, 5) is 15.2. The summed E-state index contributed by atoms with van der Waals surface area (Å²) >= 11 is 0. The molecule has 0 aliphatic carbocycles. The number of aromatic amines is 1. The number of nitrogens with zero attached hydrogens (tertiary/aromatic N) is 1. The van der Waals surface area contributed by atoms with E-state index in [-0.39, 0.29) is 5.91 Å². The Morgan fingerprint density at radius 2 is 2.20 bits per heavy atom. The predicted octanol–water partition coefficient (Wildman–Crippen LogP) is 2.95. The molecular weight excluding hydrogens is 254 g/mol. The number of carbonyl (C=O) groups is 1. The van der Waals surface area contributed by atoms with Gasteiger partial charge < -0.3 is 14.8 Å². The third-order valence-corrected chi connectivity index (χ3v) is 3.17. The molecule has 5 heteroatoms. The molecule has 0 spiro atoms. The van der Waals surface area contributed by atoms with E-state index in [1.54, 1.807) is 13.0 Å². The molecule has 1 amide bonds. The number of hydrogen-bond acceptors (Lipinski definition) is 3. The molecule has 5 nitrogen and oxygen atoms in total. The fourth-order valence-electron chi connectivity index (χ4n) is 2.22. The predicted molar refractivity (Wildman–Crippen MR) is 76.6 cm³/mol. The van der Waals surface area contributed by atoms with E-state index in [9.17, 15) is 4.79 Å². The Morgan fingerprint density at radius 3 is 2.95 bits per heavy atom. The number of amides is 1. The molecule has 2 aromatic heterocycles. The first kappa shape index (κ1) is 12.5. The van der Waals surface area contributed by atoms with Gasteiger partial charge in [-0.2, -0.15) is 0 Å². The van der Waals surface area contributed by atoms with Gasteiger partial charge in [0, 0.05) is 23.2 Å². The molecule has 102 valence electrons. The lowest BCUT2D eigenvalue weighted by molar-refractivity contribution is -0.115. The van der Waals surface area contributed by atoms with Crippen LogP contribution >= 0.6 is 0 Å². The number of H-pyrrole nitrogens is 1. The molecule has 0 aliphatic rings. The summed E-state index contributed by atoms with van der Waals surface area (Å²) in [6.07, 6.45) is 2.17. The highest BCUT2D eigenvalue weighted by Gasteiger charge is 2.11. The van der Waals surface area contributed by atoms with Gasteiger partial charge in [-0.05, 0) is 31.5 Å². The van der Waals surface area contributed by atoms with Crippen molar-refractivity contribution in [2.24, 2.45) is 0 Å². The van der Waals surface area contributed by atoms with Crippen molar-refractivity contribution < 1.29 is 9.32 Å². The molecule has 0 aliphatic heterocycles. The Bertz CT molecular complexity index is 770. The van der Waals surface area contributed by atoms with Crippen molar-refractivity contribution in [3.63, 3.8) is 0 Å². The molecular formula is C15H15N3O2. The Labute approximate surface area is 116 Å². The number of aromatic nitrogens is 2. The molecule has 0 unspecified atom stereocenters. The van der Waals surface area contributed by atoms with Gasteiger partial charge in [-0.1, -0.05) is 16.8 Å². The number of rotatable bonds is 3. The maximum atomic E-state index is 12.0. The fraction of sp³-hybridized carbons (Fsp3) is 0.200. The van der Waals surface area contributed by atoms with E-state index < -0.39 is 0 Å². The molecule has 3 aromatic rings. The normalized spacial score (nSPS) is 10.9. The number of hydrogen-bond donors (Lipinski definition) is 2. The average molecular weight is 269 g/mol. The zero-order chi connectivity index (χ0) is 14.1. The number of aryl methyl sites for hydroxylation is 2. The maximum absolute atomic E-state index is 12.0. The molecule has 1 aromatic carbocycles. The van der Waals surface area contributed by atoms with Crippen molar-refractivity contribution in [2.45, 2.75) is 20.3 Å². The van der Waals surface area contributed by atoms with Crippen LogP contribution in [0.3, 0.4) is 0 Å². The largest absolute Gasteiger partial charge is 0.361 e. The summed E-state index contributed by atoms with van der Waals surface area (Å²) in [6.45, 7) is 3.82. The summed E-state index contributed by atoms with van der Waals surface area (Å²) in [5.41, 5.74) is 3.18. The Balaban J connectivity index is 1.79. The van der Waals surface area contributed by atoms with E-state index in [2.05, 4.69) is 21.5 Å². The van der Waals surface area contributed by atoms with Gasteiger partial charge in [0.15, 0.2) is 5.82 Å². The van der Waals surface area contributed by atoms with Crippen LogP contribution in [0.5, 0.6) is 0 Å². The molecule has 0 bridgehead atoms. The van der Waals surface area contributed by atoms with Crippen molar-refractivity contribution in [1.29, 1.82) is 0 Å². The van der Waals surface area contributed by atoms with Crippen LogP contribution in [0.15, 0.2) is 35.0 Å². The number of nitrogens with one attached hydrogen (secondary N) is 2. The minimum absolute atomic E-state index is 0.110. The van der Waals surface area contributed by atoms with Gasteiger partial charge >= 0.3 is 0 Å². The quantitative estimate of drug-likeness (QED) is 0.768. The summed E-state index contributed by atoms with van der Waals surface area (Å²) in [5, 5.41) is 7.55. The fourth-order valence-corrected chi connectivity index (χ4v) is 2.22. The lowest BCUT2D eigenvalue weighted by Gasteiger charge is -2.01. The molecule has 0 atom stereocenters. The first-order valence-electron chi connectivity index (χ1n) is 6.41. The second-order valence-corrected chi connectivity index (χ2v) is 4.91. The molecule has 0 fully saturated rings. The van der Waals surface area contributed by atoms with E-state index in [1.165, 1.54) is 5.56 Å². The highest BCUT2D eigenvalue weighted by Crippen LogP contribution is 2.20. The van der Waals surface area contributed by atoms with Gasteiger partial charge in [-0.15, -0.1) is 0 Å². The summed E-state index contributed by atoms with van der Waals surface area (Å²) in [5.74, 6) is 1.01. The van der Waals surface area contributed by atoms with Gasteiger partial charge in [-0.25, -0.2) is 0 Å². The topological polar surface area (TPSA) is 70.9 Å². The van der Waals surface area contributed by atoms with Gasteiger partial charge in [0.25, 0.3) is 0 Å². The lowest BCUT2D eigenvalue weighted by atomic mass is 10.1. The maximum Gasteiger partial charge on any atom is 0.230 e. The molecule has 20 heavy (non-hydrogen) atoms. The van der Waals surface area contributed by atoms with Crippen LogP contribution in [-0.4, -0.2) is 16.0 Å². The third kappa shape index (κ3) is 2.42. The van der Waals surface area contributed by atoms with Crippen molar-refractivity contribution >= 4 is 22.6 Å². The standard InChI is InChI=1S/C15H15N3O2/c1-9-3-4-13-12(5-9)11(8-16-13)7-15(19)17-14-6-10(2)20-18-14/h3-6,8,16H,7H2,1-2H3,(H,17,18,19). The number of anilines is 1. The van der Waals surface area contributed by atoms with Gasteiger partial charge in [0.1, 0.15) is 5.76 Å². The number of benzene rings is 1. The van der Waals surface area contributed by atoms with E-state index in [0.717, 1.165) is 16.5 Å². The summed E-state index contributed by atoms with van der Waals surface area (Å²) in [6, 6.07) is 7.83. The van der Waals surface area contributed by atoms with Gasteiger partial charge in [-0.3, -0.25) is 4.79 Å². The van der Waals surface area contributed by atoms with E-state index >= 15 is 0 Å². The number of carbonyl (C=O) groups excluding carboxylic acids is 1. The zero-order valence-corrected chi connectivity index (χ0v) is 11.4. The third-order valence-electron chi connectivity index (χ3n) is 3.17. The molecule has 0 radical (unpaired) electrons. The molecule has 2 heterocycles. The van der Waals surface area contributed by atoms with Crippen molar-refractivity contribution in [2.75, 3.05) is 5.32 Å². The molecule has 0 saturated carbocycles. The minimum atomic E-state index is -0.110. The zero-order valence-electron chi connectivity index (χ0n) is 11.4. The van der Waals surface area contributed by atoms with Crippen LogP contribution in [0.4, 0.5) is 5.82 Å².